The lowest BCUT2D eigenvalue weighted by atomic mass is 9.86. The summed E-state index contributed by atoms with van der Waals surface area (Å²) in [7, 11) is 1.95. The van der Waals surface area contributed by atoms with Gasteiger partial charge in [0.15, 0.2) is 0 Å². The Morgan fingerprint density at radius 1 is 1.05 bits per heavy atom. The molecule has 0 saturated heterocycles. The molecule has 1 aliphatic rings. The molecule has 1 aliphatic carbocycles. The van der Waals surface area contributed by atoms with Crippen molar-refractivity contribution in [3.63, 3.8) is 0 Å². The van der Waals surface area contributed by atoms with Crippen molar-refractivity contribution in [3.05, 3.63) is 68.6 Å². The van der Waals surface area contributed by atoms with Crippen molar-refractivity contribution in [2.24, 2.45) is 13.0 Å². The number of halogens is 1. The van der Waals surface area contributed by atoms with Gasteiger partial charge in [-0.25, -0.2) is 0 Å². The number of aliphatic carboxylic acids is 1. The molecule has 0 radical (unpaired) electrons. The highest BCUT2D eigenvalue weighted by atomic mass is 35.5. The fourth-order valence-electron chi connectivity index (χ4n) is 6.51. The molecule has 228 valence electrons. The number of ether oxygens (including phenoxy) is 1. The molecule has 0 bridgehead atoms. The fourth-order valence-corrected chi connectivity index (χ4v) is 6.61. The van der Waals surface area contributed by atoms with E-state index in [2.05, 4.69) is 41.4 Å². The highest BCUT2D eigenvalue weighted by molar-refractivity contribution is 6.32. The lowest BCUT2D eigenvalue weighted by Crippen LogP contribution is -2.39. The molecule has 0 unspecified atom stereocenters. The van der Waals surface area contributed by atoms with Gasteiger partial charge in [0.05, 0.1) is 23.7 Å². The number of carboxylic acid groups (broad SMARTS) is 1. The molecule has 2 heterocycles. The van der Waals surface area contributed by atoms with Gasteiger partial charge < -0.3 is 20.1 Å². The van der Waals surface area contributed by atoms with Crippen molar-refractivity contribution in [2.45, 2.75) is 79.2 Å². The third-order valence-electron chi connectivity index (χ3n) is 8.94. The Morgan fingerprint density at radius 2 is 1.72 bits per heavy atom. The number of fused-ring (bicyclic) bond motifs is 1. The molecule has 2 aromatic heterocycles. The van der Waals surface area contributed by atoms with Crippen molar-refractivity contribution in [2.75, 3.05) is 6.61 Å². The number of carboxylic acids is 1. The number of H-pyrrole nitrogens is 1. The first kappa shape index (κ1) is 30.7. The van der Waals surface area contributed by atoms with E-state index >= 15 is 0 Å². The highest BCUT2D eigenvalue weighted by Gasteiger charge is 2.29. The first-order valence-corrected chi connectivity index (χ1v) is 15.4. The number of nitrogens with one attached hydrogen (secondary N) is 2. The predicted molar refractivity (Wildman–Crippen MR) is 170 cm³/mol. The van der Waals surface area contributed by atoms with Gasteiger partial charge in [0.2, 0.25) is 0 Å². The van der Waals surface area contributed by atoms with Gasteiger partial charge in [-0.2, -0.15) is 5.10 Å². The Morgan fingerprint density at radius 3 is 2.33 bits per heavy atom. The van der Waals surface area contributed by atoms with E-state index in [9.17, 15) is 14.7 Å². The molecule has 0 spiro atoms. The molecule has 0 aliphatic heterocycles. The van der Waals surface area contributed by atoms with Gasteiger partial charge in [0.1, 0.15) is 11.4 Å². The average Bonchev–Trinajstić information content (AvgIpc) is 3.45. The second-order valence-corrected chi connectivity index (χ2v) is 12.4. The maximum absolute atomic E-state index is 13.8. The third kappa shape index (κ3) is 6.16. The van der Waals surface area contributed by atoms with Gasteiger partial charge in [0, 0.05) is 40.3 Å². The molecular formula is C34H41ClN4O4. The lowest BCUT2D eigenvalue weighted by molar-refractivity contribution is -0.142. The minimum atomic E-state index is -0.752. The quantitative estimate of drug-likeness (QED) is 0.176. The van der Waals surface area contributed by atoms with Crippen molar-refractivity contribution in [1.82, 2.24) is 20.1 Å². The van der Waals surface area contributed by atoms with E-state index in [1.807, 2.05) is 44.6 Å². The molecule has 3 N–H and O–H groups in total. The monoisotopic (exact) mass is 604 g/mol. The molecule has 43 heavy (non-hydrogen) atoms. The topological polar surface area (TPSA) is 109 Å². The van der Waals surface area contributed by atoms with Crippen LogP contribution in [0.3, 0.4) is 0 Å². The molecule has 1 fully saturated rings. The molecule has 2 aromatic carbocycles. The van der Waals surface area contributed by atoms with Crippen LogP contribution in [-0.4, -0.2) is 44.4 Å². The van der Waals surface area contributed by atoms with Crippen LogP contribution in [-0.2, 0) is 18.3 Å². The number of nitrogens with zero attached hydrogens (tertiary/aromatic N) is 2. The zero-order valence-electron chi connectivity index (χ0n) is 25.9. The summed E-state index contributed by atoms with van der Waals surface area (Å²) in [6, 6.07) is 8.07. The van der Waals surface area contributed by atoms with Crippen molar-refractivity contribution >= 4 is 34.4 Å². The predicted octanol–water partition coefficient (Wildman–Crippen LogP) is 7.15. The van der Waals surface area contributed by atoms with E-state index in [-0.39, 0.29) is 17.9 Å². The average molecular weight is 605 g/mol. The smallest absolute Gasteiger partial charge is 0.306 e. The first-order valence-electron chi connectivity index (χ1n) is 15.0. The van der Waals surface area contributed by atoms with Crippen LogP contribution in [0.2, 0.25) is 5.02 Å². The van der Waals surface area contributed by atoms with Gasteiger partial charge in [-0.1, -0.05) is 23.7 Å². The van der Waals surface area contributed by atoms with Crippen LogP contribution in [0.25, 0.3) is 22.0 Å². The molecule has 1 saturated carbocycles. The summed E-state index contributed by atoms with van der Waals surface area (Å²) in [5.41, 5.74) is 9.65. The Bertz CT molecular complexity index is 1670. The van der Waals surface area contributed by atoms with Crippen LogP contribution in [0.15, 0.2) is 24.3 Å². The SMILES string of the molecule is Cc1cc(OCCCc2c(C(=O)NC3CCC(C(=O)O)CC3)[nH]c3c(-c4c(C)nn(C)c4C)c(C)ccc23)cc(C)c1Cl. The van der Waals surface area contributed by atoms with E-state index in [1.165, 1.54) is 0 Å². The number of aryl methyl sites for hydroxylation is 6. The minimum absolute atomic E-state index is 0.0499. The number of hydrogen-bond donors (Lipinski definition) is 3. The molecular weight excluding hydrogens is 564 g/mol. The molecule has 5 rings (SSSR count). The first-order chi connectivity index (χ1) is 20.5. The van der Waals surface area contributed by atoms with Crippen LogP contribution in [0.5, 0.6) is 5.75 Å². The molecule has 0 atom stereocenters. The molecule has 9 heteroatoms. The van der Waals surface area contributed by atoms with Crippen LogP contribution in [0, 0.1) is 40.5 Å². The van der Waals surface area contributed by atoms with Gasteiger partial charge in [-0.05, 0) is 108 Å². The summed E-state index contributed by atoms with van der Waals surface area (Å²) in [4.78, 5) is 28.8. The normalized spacial score (nSPS) is 16.9. The van der Waals surface area contributed by atoms with Crippen LogP contribution in [0.4, 0.5) is 0 Å². The second kappa shape index (κ2) is 12.4. The van der Waals surface area contributed by atoms with Crippen molar-refractivity contribution in [3.8, 4) is 16.9 Å². The van der Waals surface area contributed by atoms with E-state index in [4.69, 9.17) is 16.3 Å². The maximum atomic E-state index is 13.8. The summed E-state index contributed by atoms with van der Waals surface area (Å²) < 4.78 is 8.00. The number of amides is 1. The molecule has 4 aromatic rings. The number of aromatic nitrogens is 3. The summed E-state index contributed by atoms with van der Waals surface area (Å²) in [5, 5.41) is 19.0. The zero-order valence-corrected chi connectivity index (χ0v) is 26.6. The zero-order chi connectivity index (χ0) is 31.0. The van der Waals surface area contributed by atoms with Gasteiger partial charge in [-0.15, -0.1) is 0 Å². The highest BCUT2D eigenvalue weighted by Crippen LogP contribution is 2.38. The molecule has 1 amide bonds. The Labute approximate surface area is 257 Å². The maximum Gasteiger partial charge on any atom is 0.306 e. The molecule has 8 nitrogen and oxygen atoms in total. The second-order valence-electron chi connectivity index (χ2n) is 12.0. The van der Waals surface area contributed by atoms with E-state index < -0.39 is 5.97 Å². The van der Waals surface area contributed by atoms with Crippen molar-refractivity contribution in [1.29, 1.82) is 0 Å². The Hall–Kier alpha value is -3.78. The lowest BCUT2D eigenvalue weighted by Gasteiger charge is -2.26. The summed E-state index contributed by atoms with van der Waals surface area (Å²) in [6.07, 6.45) is 3.82. The number of hydrogen-bond acceptors (Lipinski definition) is 4. The standard InChI is InChI=1S/C34H41ClN4O4/c1-18-9-14-27-26(8-7-15-43-25-16-19(2)30(35)20(3)17-25)32(33(40)36-24-12-10-23(11-13-24)34(41)42)37-31(27)28(18)29-21(4)38-39(6)22(29)5/h9,14,16-17,23-24,37H,7-8,10-13,15H2,1-6H3,(H,36,40)(H,41,42). The number of carbonyl (C=O) groups is 2. The minimum Gasteiger partial charge on any atom is -0.494 e. The Kier molecular flexibility index (Phi) is 8.88. The van der Waals surface area contributed by atoms with Crippen LogP contribution >= 0.6 is 11.6 Å². The van der Waals surface area contributed by atoms with Gasteiger partial charge in [-0.3, -0.25) is 14.3 Å². The Balaban J connectivity index is 1.46. The number of aromatic amines is 1. The number of benzene rings is 2. The largest absolute Gasteiger partial charge is 0.494 e. The number of carbonyl (C=O) groups excluding carboxylic acids is 1. The van der Waals surface area contributed by atoms with Gasteiger partial charge in [0.25, 0.3) is 5.91 Å². The summed E-state index contributed by atoms with van der Waals surface area (Å²) in [6.45, 7) is 10.6. The van der Waals surface area contributed by atoms with Crippen molar-refractivity contribution < 1.29 is 19.4 Å². The van der Waals surface area contributed by atoms with Crippen LogP contribution in [0.1, 0.15) is 76.2 Å². The summed E-state index contributed by atoms with van der Waals surface area (Å²) in [5.74, 6) is -0.453. The number of rotatable bonds is 9. The fraction of sp³-hybridized carbons (Fsp3) is 0.441. The summed E-state index contributed by atoms with van der Waals surface area (Å²) >= 11 is 6.33. The van der Waals surface area contributed by atoms with Gasteiger partial charge >= 0.3 is 5.97 Å². The third-order valence-corrected chi connectivity index (χ3v) is 9.53. The van der Waals surface area contributed by atoms with Crippen LogP contribution < -0.4 is 10.1 Å². The van der Waals surface area contributed by atoms with E-state index in [0.29, 0.717) is 50.8 Å². The van der Waals surface area contributed by atoms with E-state index in [1.54, 1.807) is 0 Å². The van der Waals surface area contributed by atoms with E-state index in [0.717, 1.165) is 66.4 Å².